The number of aromatic hydroxyl groups is 2. The van der Waals surface area contributed by atoms with Crippen molar-refractivity contribution in [3.63, 3.8) is 0 Å². The molecule has 0 unspecified atom stereocenters. The number of aliphatic hydroxyl groups is 1. The third-order valence-corrected chi connectivity index (χ3v) is 9.99. The highest BCUT2D eigenvalue weighted by Gasteiger charge is 2.34. The summed E-state index contributed by atoms with van der Waals surface area (Å²) in [5.41, 5.74) is 1.58. The Bertz CT molecular complexity index is 1970. The number of aliphatic carboxylic acids is 1. The van der Waals surface area contributed by atoms with E-state index in [9.17, 15) is 54.0 Å². The molecule has 1 aliphatic rings. The second-order valence-corrected chi connectivity index (χ2v) is 14.0. The molecular formula is C41H48N4O11. The molecule has 0 radical (unpaired) electrons. The van der Waals surface area contributed by atoms with Crippen LogP contribution < -0.4 is 10.6 Å². The number of likely N-dealkylation sites (N-methyl/N-ethyl adjacent to an activating group) is 2. The lowest BCUT2D eigenvalue weighted by Gasteiger charge is -2.30. The number of fused-ring (bicyclic) bond motifs is 5. The topological polar surface area (TPSA) is 231 Å². The van der Waals surface area contributed by atoms with E-state index in [0.717, 1.165) is 9.80 Å². The van der Waals surface area contributed by atoms with Gasteiger partial charge in [0.15, 0.2) is 11.6 Å². The smallest absolute Gasteiger partial charge is 0.326 e. The number of rotatable bonds is 13. The third-order valence-electron chi connectivity index (χ3n) is 9.99. The zero-order valence-corrected chi connectivity index (χ0v) is 31.7. The van der Waals surface area contributed by atoms with E-state index in [2.05, 4.69) is 10.6 Å². The first-order valence-corrected chi connectivity index (χ1v) is 18.3. The molecule has 0 spiro atoms. The number of phenols is 2. The molecule has 4 amide bonds. The van der Waals surface area contributed by atoms with Crippen molar-refractivity contribution in [2.75, 3.05) is 20.7 Å². The number of carboxylic acid groups (broad SMARTS) is 1. The summed E-state index contributed by atoms with van der Waals surface area (Å²) in [4.78, 5) is 94.8. The predicted molar refractivity (Wildman–Crippen MR) is 203 cm³/mol. The van der Waals surface area contributed by atoms with Crippen molar-refractivity contribution in [1.29, 1.82) is 0 Å². The Morgan fingerprint density at radius 3 is 2.14 bits per heavy atom. The highest BCUT2D eigenvalue weighted by Crippen LogP contribution is 2.39. The average molecular weight is 773 g/mol. The average Bonchev–Trinajstić information content (AvgIpc) is 3.17. The lowest BCUT2D eigenvalue weighted by atomic mass is 9.89. The molecule has 0 aliphatic carbocycles. The Labute approximate surface area is 324 Å². The van der Waals surface area contributed by atoms with E-state index in [1.807, 2.05) is 0 Å². The van der Waals surface area contributed by atoms with Crippen molar-refractivity contribution in [2.24, 2.45) is 5.92 Å². The maximum absolute atomic E-state index is 14.1. The molecule has 1 heterocycles. The normalized spacial score (nSPS) is 18.1. The first kappa shape index (κ1) is 42.6. The molecule has 0 fully saturated rings. The van der Waals surface area contributed by atoms with Gasteiger partial charge >= 0.3 is 5.97 Å². The van der Waals surface area contributed by atoms with Crippen LogP contribution in [-0.4, -0.2) is 110 Å². The maximum Gasteiger partial charge on any atom is 0.326 e. The van der Waals surface area contributed by atoms with Crippen molar-refractivity contribution in [2.45, 2.75) is 76.5 Å². The van der Waals surface area contributed by atoms with Gasteiger partial charge < -0.3 is 40.9 Å². The number of nitrogens with zero attached hydrogens (tertiary/aromatic N) is 2. The number of carboxylic acids is 1. The number of hydrogen-bond acceptors (Lipinski definition) is 10. The predicted octanol–water partition coefficient (Wildman–Crippen LogP) is 2.29. The molecule has 4 bridgehead atoms. The van der Waals surface area contributed by atoms with Crippen molar-refractivity contribution >= 4 is 41.2 Å². The van der Waals surface area contributed by atoms with Gasteiger partial charge in [-0.25, -0.2) is 4.79 Å². The molecule has 0 saturated heterocycles. The van der Waals surface area contributed by atoms with Crippen LogP contribution in [-0.2, 0) is 46.4 Å². The Kier molecular flexibility index (Phi) is 14.5. The van der Waals surface area contributed by atoms with Gasteiger partial charge in [-0.1, -0.05) is 56.3 Å². The van der Waals surface area contributed by atoms with E-state index < -0.39 is 90.7 Å². The number of nitrogens with one attached hydrogen (secondary N) is 2. The number of benzene rings is 3. The molecule has 15 heteroatoms. The number of amides is 4. The standard InChI is InChI=1S/C41H48N4O11/c1-5-36(51)44(3)31(22-46)40(54)42-29(19-24-9-7-6-8-10-24)34(49)15-16-37(52)45(4)38-26-12-14-33(48)28(21-26)27-18-25(11-13-32(27)47)20-30(41(55)56)43-39(53)23(2)17-35(38)50/h6-14,18,21,23,29-31,38,46-48H,5,15-17,19-20,22H2,1-4H3,(H,42,54)(H,43,53)(H,55,56)/t23-,29-,30+,31-,38+/m1/s1. The third kappa shape index (κ3) is 10.4. The van der Waals surface area contributed by atoms with Gasteiger partial charge in [-0.05, 0) is 47.4 Å². The highest BCUT2D eigenvalue weighted by atomic mass is 16.4. The molecule has 15 nitrogen and oxygen atoms in total. The largest absolute Gasteiger partial charge is 0.507 e. The number of Topliss-reactive ketones (excluding diaryl/α,β-unsaturated/α-hetero) is 2. The fourth-order valence-electron chi connectivity index (χ4n) is 6.64. The Hall–Kier alpha value is -6.09. The van der Waals surface area contributed by atoms with Crippen molar-refractivity contribution in [3.05, 3.63) is 83.4 Å². The molecule has 3 aromatic rings. The van der Waals surface area contributed by atoms with E-state index in [1.165, 1.54) is 57.4 Å². The molecule has 5 atom stereocenters. The molecule has 6 N–H and O–H groups in total. The first-order chi connectivity index (χ1) is 26.6. The van der Waals surface area contributed by atoms with Crippen LogP contribution in [0, 0.1) is 5.92 Å². The Balaban J connectivity index is 1.64. The summed E-state index contributed by atoms with van der Waals surface area (Å²) in [5.74, 6) is -6.47. The first-order valence-electron chi connectivity index (χ1n) is 18.3. The van der Waals surface area contributed by atoms with E-state index in [-0.39, 0.29) is 53.9 Å². The molecule has 0 aromatic heterocycles. The lowest BCUT2D eigenvalue weighted by molar-refractivity contribution is -0.143. The van der Waals surface area contributed by atoms with Gasteiger partial charge in [0, 0.05) is 63.2 Å². The van der Waals surface area contributed by atoms with Gasteiger partial charge in [0.2, 0.25) is 23.6 Å². The summed E-state index contributed by atoms with van der Waals surface area (Å²) in [7, 11) is 2.72. The summed E-state index contributed by atoms with van der Waals surface area (Å²) in [5, 5.41) is 46.6. The number of hydrogen-bond donors (Lipinski definition) is 6. The Morgan fingerprint density at radius 2 is 1.52 bits per heavy atom. The number of carbonyl (C=O) groups excluding carboxylic acids is 6. The quantitative estimate of drug-likeness (QED) is 0.148. The van der Waals surface area contributed by atoms with Crippen molar-refractivity contribution in [1.82, 2.24) is 20.4 Å². The monoisotopic (exact) mass is 772 g/mol. The van der Waals surface area contributed by atoms with Crippen LogP contribution in [0.4, 0.5) is 0 Å². The second-order valence-electron chi connectivity index (χ2n) is 14.0. The zero-order chi connectivity index (χ0) is 41.3. The maximum atomic E-state index is 14.1. The van der Waals surface area contributed by atoms with Crippen LogP contribution in [0.5, 0.6) is 11.5 Å². The SMILES string of the molecule is CCC(=O)N(C)[C@H](CO)C(=O)N[C@H](Cc1ccccc1)C(=O)CCC(=O)N(C)[C@@H]1C(=O)C[C@@H](C)C(=O)N[C@H](C(=O)O)Cc2ccc(O)c(c2)-c2cc1ccc2O. The molecule has 56 heavy (non-hydrogen) atoms. The lowest BCUT2D eigenvalue weighted by Crippen LogP contribution is -2.54. The van der Waals surface area contributed by atoms with Crippen LogP contribution in [0.25, 0.3) is 11.1 Å². The zero-order valence-electron chi connectivity index (χ0n) is 31.7. The fraction of sp³-hybridized carbons (Fsp3) is 0.390. The van der Waals surface area contributed by atoms with Crippen molar-refractivity contribution < 1.29 is 54.0 Å². The van der Waals surface area contributed by atoms with Gasteiger partial charge in [0.1, 0.15) is 29.6 Å². The number of phenolic OH excluding ortho intramolecular Hbond substituents is 2. The number of ketones is 2. The molecule has 1 aliphatic heterocycles. The summed E-state index contributed by atoms with van der Waals surface area (Å²) in [6.45, 7) is 2.37. The van der Waals surface area contributed by atoms with Crippen LogP contribution in [0.1, 0.15) is 62.3 Å². The van der Waals surface area contributed by atoms with Crippen LogP contribution in [0.15, 0.2) is 66.7 Å². The van der Waals surface area contributed by atoms with E-state index in [4.69, 9.17) is 0 Å². The molecule has 298 valence electrons. The van der Waals surface area contributed by atoms with Crippen LogP contribution in [0.2, 0.25) is 0 Å². The molecule has 4 rings (SSSR count). The minimum Gasteiger partial charge on any atom is -0.507 e. The van der Waals surface area contributed by atoms with Gasteiger partial charge in [-0.15, -0.1) is 0 Å². The van der Waals surface area contributed by atoms with E-state index in [0.29, 0.717) is 11.1 Å². The summed E-state index contributed by atoms with van der Waals surface area (Å²) in [6.07, 6.45) is -1.19. The van der Waals surface area contributed by atoms with E-state index in [1.54, 1.807) is 37.3 Å². The minimum absolute atomic E-state index is 0.0488. The second kappa shape index (κ2) is 19.0. The molecule has 3 aromatic carbocycles. The summed E-state index contributed by atoms with van der Waals surface area (Å²) >= 11 is 0. The van der Waals surface area contributed by atoms with E-state index >= 15 is 0 Å². The highest BCUT2D eigenvalue weighted by molar-refractivity contribution is 5.97. The molecular weight excluding hydrogens is 724 g/mol. The van der Waals surface area contributed by atoms with Crippen LogP contribution in [0.3, 0.4) is 0 Å². The van der Waals surface area contributed by atoms with Gasteiger partial charge in [-0.3, -0.25) is 28.8 Å². The summed E-state index contributed by atoms with van der Waals surface area (Å²) < 4.78 is 0. The number of aliphatic hydroxyl groups excluding tert-OH is 1. The van der Waals surface area contributed by atoms with Gasteiger partial charge in [0.05, 0.1) is 12.6 Å². The summed E-state index contributed by atoms with van der Waals surface area (Å²) in [6, 6.07) is 12.1. The fourth-order valence-corrected chi connectivity index (χ4v) is 6.64. The molecule has 0 saturated carbocycles. The minimum atomic E-state index is -1.37. The van der Waals surface area contributed by atoms with Crippen molar-refractivity contribution in [3.8, 4) is 22.6 Å². The van der Waals surface area contributed by atoms with Crippen LogP contribution >= 0.6 is 0 Å². The number of carbonyl (C=O) groups is 7. The van der Waals surface area contributed by atoms with Gasteiger partial charge in [0.25, 0.3) is 0 Å². The van der Waals surface area contributed by atoms with Gasteiger partial charge in [-0.2, -0.15) is 0 Å². The Morgan fingerprint density at radius 1 is 0.875 bits per heavy atom.